The number of carbonyl (C=O) groups excluding carboxylic acids is 4. The Hall–Kier alpha value is -3.61. The van der Waals surface area contributed by atoms with Crippen molar-refractivity contribution in [3.8, 4) is 0 Å². The van der Waals surface area contributed by atoms with Crippen molar-refractivity contribution >= 4 is 31.7 Å². The maximum absolute atomic E-state index is 13.8. The van der Waals surface area contributed by atoms with Crippen molar-refractivity contribution in [1.82, 2.24) is 0 Å². The van der Waals surface area contributed by atoms with E-state index in [1.54, 1.807) is 48.5 Å². The molecule has 1 aliphatic heterocycles. The number of esters is 4. The fourth-order valence-electron chi connectivity index (χ4n) is 4.26. The van der Waals surface area contributed by atoms with Crippen molar-refractivity contribution in [3.05, 3.63) is 71.8 Å². The number of benzene rings is 2. The molecule has 2 aromatic carbocycles. The molecule has 234 valence electrons. The predicted octanol–water partition coefficient (Wildman–Crippen LogP) is 3.67. The predicted molar refractivity (Wildman–Crippen MR) is 148 cm³/mol. The maximum atomic E-state index is 13.8. The molecule has 1 aliphatic rings. The molecule has 13 nitrogen and oxygen atoms in total. The van der Waals surface area contributed by atoms with Gasteiger partial charge in [0.05, 0.1) is 33.4 Å². The lowest BCUT2D eigenvalue weighted by Gasteiger charge is -2.44. The summed E-state index contributed by atoms with van der Waals surface area (Å²) >= 11 is 0. The molecule has 0 spiro atoms. The van der Waals surface area contributed by atoms with E-state index < -0.39 is 75.2 Å². The Labute approximate surface area is 249 Å². The maximum Gasteiger partial charge on any atom is 0.475 e. The minimum atomic E-state index is -4.32. The van der Waals surface area contributed by atoms with E-state index in [1.165, 1.54) is 0 Å². The zero-order valence-corrected chi connectivity index (χ0v) is 25.1. The van der Waals surface area contributed by atoms with Crippen LogP contribution in [0.2, 0.25) is 0 Å². The third-order valence-corrected chi connectivity index (χ3v) is 7.45. The van der Waals surface area contributed by atoms with Crippen LogP contribution in [-0.2, 0) is 74.2 Å². The van der Waals surface area contributed by atoms with Crippen LogP contribution in [0.1, 0.15) is 38.3 Å². The highest BCUT2D eigenvalue weighted by atomic mass is 31.2. The van der Waals surface area contributed by atoms with Gasteiger partial charge in [0.1, 0.15) is 12.2 Å². The van der Waals surface area contributed by atoms with E-state index in [9.17, 15) is 23.7 Å². The van der Waals surface area contributed by atoms with E-state index in [1.807, 2.05) is 12.1 Å². The first kappa shape index (κ1) is 33.9. The molecular weight excluding hydrogens is 587 g/mol. The molecule has 0 aromatic heterocycles. The lowest BCUT2D eigenvalue weighted by molar-refractivity contribution is -0.251. The Morgan fingerprint density at radius 1 is 0.674 bits per heavy atom. The average Bonchev–Trinajstić information content (AvgIpc) is 2.97. The summed E-state index contributed by atoms with van der Waals surface area (Å²) in [7, 11) is -3.17. The second kappa shape index (κ2) is 16.3. The highest BCUT2D eigenvalue weighted by Crippen LogP contribution is 2.51. The van der Waals surface area contributed by atoms with E-state index in [0.29, 0.717) is 11.1 Å². The highest BCUT2D eigenvalue weighted by molar-refractivity contribution is 7.48. The summed E-state index contributed by atoms with van der Waals surface area (Å²) in [5, 5.41) is 0. The van der Waals surface area contributed by atoms with Gasteiger partial charge < -0.3 is 23.7 Å². The van der Waals surface area contributed by atoms with Crippen LogP contribution in [-0.4, -0.2) is 68.1 Å². The van der Waals surface area contributed by atoms with E-state index in [-0.39, 0.29) is 13.2 Å². The number of hydrogen-bond acceptors (Lipinski definition) is 13. The van der Waals surface area contributed by atoms with Gasteiger partial charge in [-0.3, -0.25) is 32.7 Å². The zero-order valence-electron chi connectivity index (χ0n) is 24.2. The smallest absolute Gasteiger partial charge is 0.469 e. The SMILES string of the molecule is COC(=O)C[C@@H]1OC(COP(=O)(OCc2ccccc2)OCc2ccccc2)[C@H](OC(C)=O)[C@H](OC(C)=O)C1OC(C)=O. The van der Waals surface area contributed by atoms with Crippen LogP contribution in [0.15, 0.2) is 60.7 Å². The first-order chi connectivity index (χ1) is 20.5. The average molecular weight is 623 g/mol. The van der Waals surface area contributed by atoms with Crippen molar-refractivity contribution in [1.29, 1.82) is 0 Å². The van der Waals surface area contributed by atoms with Gasteiger partial charge >= 0.3 is 31.7 Å². The molecule has 43 heavy (non-hydrogen) atoms. The van der Waals surface area contributed by atoms with Crippen LogP contribution in [0.25, 0.3) is 0 Å². The topological polar surface area (TPSA) is 159 Å². The molecule has 1 saturated heterocycles. The molecule has 0 radical (unpaired) electrons. The molecule has 0 aliphatic carbocycles. The van der Waals surface area contributed by atoms with Gasteiger partial charge in [-0.1, -0.05) is 60.7 Å². The van der Waals surface area contributed by atoms with Gasteiger partial charge in [-0.25, -0.2) is 4.57 Å². The largest absolute Gasteiger partial charge is 0.475 e. The first-order valence-electron chi connectivity index (χ1n) is 13.3. The molecule has 0 N–H and O–H groups in total. The number of methoxy groups -OCH3 is 1. The van der Waals surface area contributed by atoms with Gasteiger partial charge in [0.25, 0.3) is 0 Å². The molecule has 2 unspecified atom stereocenters. The Balaban J connectivity index is 1.90. The summed E-state index contributed by atoms with van der Waals surface area (Å²) in [6, 6.07) is 17.8. The van der Waals surface area contributed by atoms with E-state index >= 15 is 0 Å². The van der Waals surface area contributed by atoms with Gasteiger partial charge in [0.2, 0.25) is 0 Å². The fourth-order valence-corrected chi connectivity index (χ4v) is 5.43. The highest BCUT2D eigenvalue weighted by Gasteiger charge is 2.53. The van der Waals surface area contributed by atoms with Crippen LogP contribution >= 0.6 is 7.82 Å². The molecule has 5 atom stereocenters. The molecule has 3 rings (SSSR count). The van der Waals surface area contributed by atoms with Gasteiger partial charge in [0, 0.05) is 20.8 Å². The molecule has 14 heteroatoms. The van der Waals surface area contributed by atoms with Gasteiger partial charge in [0.15, 0.2) is 18.3 Å². The third kappa shape index (κ3) is 10.9. The fraction of sp³-hybridized carbons (Fsp3) is 0.448. The molecule has 2 aromatic rings. The molecule has 1 fully saturated rings. The quantitative estimate of drug-likeness (QED) is 0.171. The third-order valence-electron chi connectivity index (χ3n) is 6.09. The van der Waals surface area contributed by atoms with Crippen molar-refractivity contribution < 1.29 is 61.0 Å². The van der Waals surface area contributed by atoms with Gasteiger partial charge in [-0.15, -0.1) is 0 Å². The molecule has 1 heterocycles. The van der Waals surface area contributed by atoms with Crippen LogP contribution in [0.5, 0.6) is 0 Å². The summed E-state index contributed by atoms with van der Waals surface area (Å²) < 4.78 is 57.8. The lowest BCUT2D eigenvalue weighted by atomic mass is 9.92. The molecule has 0 saturated carbocycles. The van der Waals surface area contributed by atoms with Crippen molar-refractivity contribution in [3.63, 3.8) is 0 Å². The number of phosphoric ester groups is 1. The number of hydrogen-bond donors (Lipinski definition) is 0. The number of ether oxygens (including phenoxy) is 5. The lowest BCUT2D eigenvalue weighted by Crippen LogP contribution is -2.62. The van der Waals surface area contributed by atoms with E-state index in [4.69, 9.17) is 37.3 Å². The Morgan fingerprint density at radius 2 is 1.12 bits per heavy atom. The Morgan fingerprint density at radius 3 is 1.56 bits per heavy atom. The summed E-state index contributed by atoms with van der Waals surface area (Å²) in [6.07, 6.45) is -7.13. The summed E-state index contributed by atoms with van der Waals surface area (Å²) in [6.45, 7) is 2.51. The number of phosphoric acid groups is 1. The number of rotatable bonds is 14. The summed E-state index contributed by atoms with van der Waals surface area (Å²) in [5.74, 6) is -3.07. The number of carbonyl (C=O) groups is 4. The minimum absolute atomic E-state index is 0.124. The Kier molecular flexibility index (Phi) is 12.8. The van der Waals surface area contributed by atoms with Crippen molar-refractivity contribution in [2.24, 2.45) is 0 Å². The van der Waals surface area contributed by atoms with E-state index in [0.717, 1.165) is 27.9 Å². The normalized spacial score (nSPS) is 21.8. The van der Waals surface area contributed by atoms with Crippen molar-refractivity contribution in [2.45, 2.75) is 70.9 Å². The van der Waals surface area contributed by atoms with Crippen LogP contribution in [0.4, 0.5) is 0 Å². The zero-order chi connectivity index (χ0) is 31.4. The summed E-state index contributed by atoms with van der Waals surface area (Å²) in [4.78, 5) is 48.3. The van der Waals surface area contributed by atoms with E-state index in [2.05, 4.69) is 0 Å². The molecular formula is C29H35O13P. The second-order valence-electron chi connectivity index (χ2n) is 9.48. The Bertz CT molecular complexity index is 1220. The van der Waals surface area contributed by atoms with Crippen molar-refractivity contribution in [2.75, 3.05) is 13.7 Å². The second-order valence-corrected chi connectivity index (χ2v) is 11.1. The first-order valence-corrected chi connectivity index (χ1v) is 14.8. The minimum Gasteiger partial charge on any atom is -0.469 e. The van der Waals surface area contributed by atoms with Crippen LogP contribution in [0, 0.1) is 0 Å². The molecule has 0 bridgehead atoms. The standard InChI is InChI=1S/C29H35O13P/c1-19(30)39-27-24(15-26(33)35-4)42-25(28(40-20(2)31)29(27)41-21(3)32)18-38-43(34,36-16-22-11-7-5-8-12-22)37-17-23-13-9-6-10-14-23/h5-14,24-25,27-29H,15-18H2,1-4H3/t24-,25?,27?,28-,29+/m0/s1. The van der Waals surface area contributed by atoms with Crippen LogP contribution < -0.4 is 0 Å². The van der Waals surface area contributed by atoms with Crippen LogP contribution in [0.3, 0.4) is 0 Å². The summed E-state index contributed by atoms with van der Waals surface area (Å²) in [5.41, 5.74) is 1.39. The van der Waals surface area contributed by atoms with Gasteiger partial charge in [-0.2, -0.15) is 0 Å². The van der Waals surface area contributed by atoms with Gasteiger partial charge in [-0.05, 0) is 11.1 Å². The monoisotopic (exact) mass is 622 g/mol. The molecule has 0 amide bonds.